The van der Waals surface area contributed by atoms with Crippen molar-refractivity contribution in [3.63, 3.8) is 0 Å². The number of alkyl halides is 2. The van der Waals surface area contributed by atoms with Crippen LogP contribution in [0.3, 0.4) is 0 Å². The smallest absolute Gasteiger partial charge is 0.248 e. The van der Waals surface area contributed by atoms with Gasteiger partial charge in [-0.25, -0.2) is 8.78 Å². The van der Waals surface area contributed by atoms with Crippen LogP contribution >= 0.6 is 0 Å². The van der Waals surface area contributed by atoms with E-state index in [-0.39, 0.29) is 25.2 Å². The molecule has 6 heteroatoms. The van der Waals surface area contributed by atoms with Crippen molar-refractivity contribution in [3.05, 3.63) is 17.0 Å². The zero-order valence-electron chi connectivity index (χ0n) is 11.3. The predicted octanol–water partition coefficient (Wildman–Crippen LogP) is 2.34. The first-order valence-electron chi connectivity index (χ1n) is 7.26. The molecule has 0 bridgehead atoms. The Morgan fingerprint density at radius 3 is 2.95 bits per heavy atom. The Bertz CT molecular complexity index is 513. The molecular weight excluding hydrogens is 264 g/mol. The van der Waals surface area contributed by atoms with Gasteiger partial charge in [-0.3, -0.25) is 9.89 Å². The first-order chi connectivity index (χ1) is 9.55. The quantitative estimate of drug-likeness (QED) is 0.894. The molecule has 2 aliphatic carbocycles. The van der Waals surface area contributed by atoms with Gasteiger partial charge >= 0.3 is 0 Å². The number of carbonyl (C=O) groups excluding carboxylic acids is 1. The second kappa shape index (κ2) is 5.14. The molecule has 20 heavy (non-hydrogen) atoms. The van der Waals surface area contributed by atoms with E-state index in [0.717, 1.165) is 37.1 Å². The molecule has 0 saturated heterocycles. The summed E-state index contributed by atoms with van der Waals surface area (Å²) in [5.74, 6) is -3.50. The number of aromatic amines is 1. The van der Waals surface area contributed by atoms with Crippen molar-refractivity contribution in [3.8, 4) is 0 Å². The van der Waals surface area contributed by atoms with Gasteiger partial charge in [0.2, 0.25) is 11.8 Å². The van der Waals surface area contributed by atoms with Crippen molar-refractivity contribution in [1.29, 1.82) is 0 Å². The summed E-state index contributed by atoms with van der Waals surface area (Å²) in [5, 5.41) is 10.0. The highest BCUT2D eigenvalue weighted by molar-refractivity contribution is 5.79. The van der Waals surface area contributed by atoms with Crippen LogP contribution in [0.1, 0.15) is 49.1 Å². The van der Waals surface area contributed by atoms with E-state index in [1.807, 2.05) is 0 Å². The van der Waals surface area contributed by atoms with Crippen LogP contribution in [0.25, 0.3) is 0 Å². The van der Waals surface area contributed by atoms with Gasteiger partial charge in [0.25, 0.3) is 0 Å². The van der Waals surface area contributed by atoms with E-state index in [0.29, 0.717) is 6.54 Å². The summed E-state index contributed by atoms with van der Waals surface area (Å²) in [7, 11) is 0. The second-order valence-corrected chi connectivity index (χ2v) is 5.85. The van der Waals surface area contributed by atoms with Crippen LogP contribution in [0.5, 0.6) is 0 Å². The third-order valence-corrected chi connectivity index (χ3v) is 4.35. The molecule has 4 nitrogen and oxygen atoms in total. The van der Waals surface area contributed by atoms with Crippen LogP contribution in [0.2, 0.25) is 0 Å². The molecule has 2 N–H and O–H groups in total. The van der Waals surface area contributed by atoms with E-state index >= 15 is 0 Å². The van der Waals surface area contributed by atoms with Crippen molar-refractivity contribution in [2.24, 2.45) is 5.92 Å². The number of aromatic nitrogens is 2. The number of aryl methyl sites for hydroxylation is 1. The lowest BCUT2D eigenvalue weighted by molar-refractivity contribution is -0.126. The lowest BCUT2D eigenvalue weighted by atomic mass is 9.96. The summed E-state index contributed by atoms with van der Waals surface area (Å²) >= 11 is 0. The van der Waals surface area contributed by atoms with Crippen molar-refractivity contribution in [2.45, 2.75) is 57.4 Å². The number of hydrogen-bond donors (Lipinski definition) is 2. The van der Waals surface area contributed by atoms with Crippen molar-refractivity contribution < 1.29 is 13.6 Å². The Morgan fingerprint density at radius 2 is 2.20 bits per heavy atom. The number of H-pyrrole nitrogens is 1. The lowest BCUT2D eigenvalue weighted by Crippen LogP contribution is -2.30. The molecule has 3 rings (SSSR count). The van der Waals surface area contributed by atoms with Gasteiger partial charge in [0, 0.05) is 24.5 Å². The minimum atomic E-state index is -2.67. The summed E-state index contributed by atoms with van der Waals surface area (Å²) in [4.78, 5) is 11.9. The molecule has 1 heterocycles. The Balaban J connectivity index is 1.57. The SMILES string of the molecule is O=C(NCc1n[nH]c2c1CCCC2)C1CCC(F)(F)C1. The van der Waals surface area contributed by atoms with Crippen molar-refractivity contribution in [1.82, 2.24) is 15.5 Å². The van der Waals surface area contributed by atoms with E-state index in [4.69, 9.17) is 0 Å². The average molecular weight is 283 g/mol. The Morgan fingerprint density at radius 1 is 1.40 bits per heavy atom. The van der Waals surface area contributed by atoms with Gasteiger partial charge in [0.1, 0.15) is 0 Å². The average Bonchev–Trinajstić information content (AvgIpc) is 2.99. The highest BCUT2D eigenvalue weighted by Gasteiger charge is 2.42. The summed E-state index contributed by atoms with van der Waals surface area (Å²) in [5.41, 5.74) is 3.22. The van der Waals surface area contributed by atoms with E-state index in [1.165, 1.54) is 5.56 Å². The summed E-state index contributed by atoms with van der Waals surface area (Å²) in [6.07, 6.45) is 4.07. The van der Waals surface area contributed by atoms with E-state index in [1.54, 1.807) is 0 Å². The zero-order valence-corrected chi connectivity index (χ0v) is 11.3. The maximum Gasteiger partial charge on any atom is 0.248 e. The highest BCUT2D eigenvalue weighted by atomic mass is 19.3. The molecule has 0 radical (unpaired) electrons. The molecule has 110 valence electrons. The van der Waals surface area contributed by atoms with E-state index < -0.39 is 11.8 Å². The van der Waals surface area contributed by atoms with Gasteiger partial charge < -0.3 is 5.32 Å². The number of rotatable bonds is 3. The molecule has 1 amide bonds. The number of amides is 1. The molecule has 0 aromatic carbocycles. The molecule has 1 aromatic heterocycles. The first kappa shape index (κ1) is 13.5. The number of halogens is 2. The van der Waals surface area contributed by atoms with Gasteiger partial charge in [-0.15, -0.1) is 0 Å². The van der Waals surface area contributed by atoms with Gasteiger partial charge in [-0.05, 0) is 37.7 Å². The third kappa shape index (κ3) is 2.69. The van der Waals surface area contributed by atoms with Crippen LogP contribution in [0, 0.1) is 5.92 Å². The fraction of sp³-hybridized carbons (Fsp3) is 0.714. The Hall–Kier alpha value is -1.46. The highest BCUT2D eigenvalue weighted by Crippen LogP contribution is 2.38. The second-order valence-electron chi connectivity index (χ2n) is 5.85. The molecule has 0 spiro atoms. The predicted molar refractivity (Wildman–Crippen MR) is 69.4 cm³/mol. The fourth-order valence-corrected chi connectivity index (χ4v) is 3.18. The normalized spacial score (nSPS) is 24.4. The standard InChI is InChI=1S/C14H19F2N3O/c15-14(16)6-5-9(7-14)13(20)17-8-12-10-3-1-2-4-11(10)18-19-12/h9H,1-8H2,(H,17,20)(H,18,19). The molecule has 1 saturated carbocycles. The van der Waals surface area contributed by atoms with Crippen LogP contribution < -0.4 is 5.32 Å². The first-order valence-corrected chi connectivity index (χ1v) is 7.26. The molecule has 1 unspecified atom stereocenters. The molecule has 2 aliphatic rings. The summed E-state index contributed by atoms with van der Waals surface area (Å²) < 4.78 is 26.2. The Kier molecular flexibility index (Phi) is 3.48. The zero-order chi connectivity index (χ0) is 14.2. The maximum absolute atomic E-state index is 13.1. The van der Waals surface area contributed by atoms with Gasteiger partial charge in [-0.2, -0.15) is 5.10 Å². The number of nitrogens with one attached hydrogen (secondary N) is 2. The Labute approximate surface area is 116 Å². The minimum absolute atomic E-state index is 0.178. The van der Waals surface area contributed by atoms with Crippen molar-refractivity contribution in [2.75, 3.05) is 0 Å². The lowest BCUT2D eigenvalue weighted by Gasteiger charge is -2.13. The van der Waals surface area contributed by atoms with Crippen LogP contribution in [0.4, 0.5) is 8.78 Å². The third-order valence-electron chi connectivity index (χ3n) is 4.35. The molecular formula is C14H19F2N3O. The van der Waals surface area contributed by atoms with Crippen LogP contribution in [-0.4, -0.2) is 22.0 Å². The maximum atomic E-state index is 13.1. The molecule has 0 aliphatic heterocycles. The minimum Gasteiger partial charge on any atom is -0.350 e. The number of fused-ring (bicyclic) bond motifs is 1. The molecule has 1 atom stereocenters. The fourth-order valence-electron chi connectivity index (χ4n) is 3.18. The summed E-state index contributed by atoms with van der Waals surface area (Å²) in [6, 6.07) is 0. The van der Waals surface area contributed by atoms with E-state index in [2.05, 4.69) is 15.5 Å². The van der Waals surface area contributed by atoms with Crippen LogP contribution in [0.15, 0.2) is 0 Å². The molecule has 1 fully saturated rings. The number of nitrogens with zero attached hydrogens (tertiary/aromatic N) is 1. The van der Waals surface area contributed by atoms with Gasteiger partial charge in [0.15, 0.2) is 0 Å². The van der Waals surface area contributed by atoms with Gasteiger partial charge in [-0.1, -0.05) is 0 Å². The van der Waals surface area contributed by atoms with Crippen molar-refractivity contribution >= 4 is 5.91 Å². The van der Waals surface area contributed by atoms with Crippen LogP contribution in [-0.2, 0) is 24.2 Å². The number of hydrogen-bond acceptors (Lipinski definition) is 2. The monoisotopic (exact) mass is 283 g/mol. The topological polar surface area (TPSA) is 57.8 Å². The van der Waals surface area contributed by atoms with Gasteiger partial charge in [0.05, 0.1) is 12.2 Å². The van der Waals surface area contributed by atoms with E-state index in [9.17, 15) is 13.6 Å². The summed E-state index contributed by atoms with van der Waals surface area (Å²) in [6.45, 7) is 0.340. The molecule has 1 aromatic rings. The number of carbonyl (C=O) groups is 1. The largest absolute Gasteiger partial charge is 0.350 e.